The molecule has 4 nitrogen and oxygen atoms in total. The second-order valence-corrected chi connectivity index (χ2v) is 7.21. The molecule has 0 aromatic rings. The Balaban J connectivity index is 1.34. The van der Waals surface area contributed by atoms with Gasteiger partial charge < -0.3 is 15.0 Å². The van der Waals surface area contributed by atoms with Crippen molar-refractivity contribution in [3.63, 3.8) is 0 Å². The summed E-state index contributed by atoms with van der Waals surface area (Å²) in [6.45, 7) is 3.78. The molecule has 0 bridgehead atoms. The minimum absolute atomic E-state index is 0.808. The van der Waals surface area contributed by atoms with Crippen molar-refractivity contribution >= 4 is 5.96 Å². The van der Waals surface area contributed by atoms with Crippen LogP contribution in [-0.4, -0.2) is 51.3 Å². The van der Waals surface area contributed by atoms with Crippen LogP contribution in [0.2, 0.25) is 0 Å². The first-order valence-electron chi connectivity index (χ1n) is 8.77. The lowest BCUT2D eigenvalue weighted by molar-refractivity contribution is 0.115. The Morgan fingerprint density at radius 1 is 1.19 bits per heavy atom. The Kier molecular flexibility index (Phi) is 5.04. The van der Waals surface area contributed by atoms with Crippen LogP contribution < -0.4 is 5.32 Å². The fourth-order valence-corrected chi connectivity index (χ4v) is 3.20. The van der Waals surface area contributed by atoms with Gasteiger partial charge in [-0.15, -0.1) is 0 Å². The van der Waals surface area contributed by atoms with Gasteiger partial charge in [-0.2, -0.15) is 0 Å². The highest BCUT2D eigenvalue weighted by Gasteiger charge is 2.41. The van der Waals surface area contributed by atoms with Crippen molar-refractivity contribution < 1.29 is 4.74 Å². The second kappa shape index (κ2) is 6.99. The molecule has 0 saturated heterocycles. The van der Waals surface area contributed by atoms with Gasteiger partial charge in [-0.3, -0.25) is 4.99 Å². The third-order valence-corrected chi connectivity index (χ3v) is 5.15. The van der Waals surface area contributed by atoms with Crippen molar-refractivity contribution in [3.05, 3.63) is 0 Å². The fraction of sp³-hybridized carbons (Fsp3) is 0.941. The van der Waals surface area contributed by atoms with Gasteiger partial charge in [0.25, 0.3) is 0 Å². The van der Waals surface area contributed by atoms with E-state index in [-0.39, 0.29) is 0 Å². The van der Waals surface area contributed by atoms with Crippen LogP contribution in [0.15, 0.2) is 4.99 Å². The average molecular weight is 293 g/mol. The topological polar surface area (TPSA) is 36.9 Å². The summed E-state index contributed by atoms with van der Waals surface area (Å²) in [7, 11) is 3.99. The maximum atomic E-state index is 5.72. The number of guanidine groups is 1. The van der Waals surface area contributed by atoms with Gasteiger partial charge in [-0.1, -0.05) is 0 Å². The lowest BCUT2D eigenvalue weighted by Crippen LogP contribution is -2.43. The first kappa shape index (κ1) is 15.1. The number of ether oxygens (including phenoxy) is 1. The van der Waals surface area contributed by atoms with Gasteiger partial charge in [0, 0.05) is 33.8 Å². The molecule has 0 radical (unpaired) electrons. The molecular weight excluding hydrogens is 262 g/mol. The largest absolute Gasteiger partial charge is 0.379 e. The molecule has 0 unspecified atom stereocenters. The normalized spacial score (nSPS) is 22.7. The summed E-state index contributed by atoms with van der Waals surface area (Å²) in [5, 5.41) is 3.59. The Labute approximate surface area is 129 Å². The number of hydrogen-bond acceptors (Lipinski definition) is 2. The standard InChI is InChI=1S/C17H31N3O/c1-18-17(20(2)9-10-21-12-13-3-4-13)19-11-16(14-5-6-14)15-7-8-15/h13-16H,3-12H2,1-2H3,(H,18,19). The first-order chi connectivity index (χ1) is 10.3. The molecule has 120 valence electrons. The molecule has 0 aromatic heterocycles. The predicted octanol–water partition coefficient (Wildman–Crippen LogP) is 2.36. The van der Waals surface area contributed by atoms with E-state index in [0.717, 1.165) is 55.9 Å². The van der Waals surface area contributed by atoms with Crippen LogP contribution in [0.1, 0.15) is 38.5 Å². The van der Waals surface area contributed by atoms with Crippen molar-refractivity contribution in [1.82, 2.24) is 10.2 Å². The van der Waals surface area contributed by atoms with E-state index < -0.39 is 0 Å². The molecule has 1 N–H and O–H groups in total. The van der Waals surface area contributed by atoms with Crippen LogP contribution in [0, 0.1) is 23.7 Å². The van der Waals surface area contributed by atoms with Gasteiger partial charge in [0.2, 0.25) is 0 Å². The maximum absolute atomic E-state index is 5.72. The number of likely N-dealkylation sites (N-methyl/N-ethyl adjacent to an activating group) is 1. The van der Waals surface area contributed by atoms with Crippen LogP contribution in [0.3, 0.4) is 0 Å². The minimum Gasteiger partial charge on any atom is -0.379 e. The second-order valence-electron chi connectivity index (χ2n) is 7.21. The van der Waals surface area contributed by atoms with Crippen LogP contribution in [0.25, 0.3) is 0 Å². The Morgan fingerprint density at radius 3 is 2.38 bits per heavy atom. The lowest BCUT2D eigenvalue weighted by Gasteiger charge is -2.24. The molecule has 3 saturated carbocycles. The quantitative estimate of drug-likeness (QED) is 0.403. The first-order valence-corrected chi connectivity index (χ1v) is 8.77. The third-order valence-electron chi connectivity index (χ3n) is 5.15. The van der Waals surface area contributed by atoms with Crippen molar-refractivity contribution in [3.8, 4) is 0 Å². The van der Waals surface area contributed by atoms with E-state index in [4.69, 9.17) is 4.74 Å². The van der Waals surface area contributed by atoms with E-state index >= 15 is 0 Å². The van der Waals surface area contributed by atoms with E-state index in [1.54, 1.807) is 0 Å². The average Bonchev–Trinajstić information content (AvgIpc) is 3.34. The fourth-order valence-electron chi connectivity index (χ4n) is 3.20. The highest BCUT2D eigenvalue weighted by molar-refractivity contribution is 5.79. The molecule has 21 heavy (non-hydrogen) atoms. The zero-order valence-electron chi connectivity index (χ0n) is 13.7. The van der Waals surface area contributed by atoms with Crippen LogP contribution >= 0.6 is 0 Å². The molecule has 3 rings (SSSR count). The van der Waals surface area contributed by atoms with Gasteiger partial charge in [0.15, 0.2) is 5.96 Å². The van der Waals surface area contributed by atoms with Crippen molar-refractivity contribution in [2.75, 3.05) is 40.4 Å². The zero-order valence-corrected chi connectivity index (χ0v) is 13.7. The summed E-state index contributed by atoms with van der Waals surface area (Å²) < 4.78 is 5.72. The number of rotatable bonds is 9. The van der Waals surface area contributed by atoms with E-state index in [2.05, 4.69) is 22.3 Å². The smallest absolute Gasteiger partial charge is 0.193 e. The summed E-state index contributed by atoms with van der Waals surface area (Å²) in [5.74, 6) is 4.76. The summed E-state index contributed by atoms with van der Waals surface area (Å²) >= 11 is 0. The Bertz CT molecular complexity index is 347. The predicted molar refractivity (Wildman–Crippen MR) is 86.5 cm³/mol. The van der Waals surface area contributed by atoms with Gasteiger partial charge in [0.1, 0.15) is 0 Å². The molecule has 3 aliphatic rings. The SMILES string of the molecule is CN=C(NCC(C1CC1)C1CC1)N(C)CCOCC1CC1. The highest BCUT2D eigenvalue weighted by atomic mass is 16.5. The van der Waals surface area contributed by atoms with Crippen LogP contribution in [-0.2, 0) is 4.74 Å². The molecule has 0 spiro atoms. The number of aliphatic imine (C=N–C) groups is 1. The Morgan fingerprint density at radius 2 is 1.86 bits per heavy atom. The summed E-state index contributed by atoms with van der Waals surface area (Å²) in [6, 6.07) is 0. The van der Waals surface area contributed by atoms with Gasteiger partial charge in [0.05, 0.1) is 6.61 Å². The van der Waals surface area contributed by atoms with E-state index in [0.29, 0.717) is 0 Å². The molecule has 0 heterocycles. The van der Waals surface area contributed by atoms with Gasteiger partial charge in [-0.05, 0) is 62.2 Å². The van der Waals surface area contributed by atoms with Gasteiger partial charge >= 0.3 is 0 Å². The minimum atomic E-state index is 0.808. The summed E-state index contributed by atoms with van der Waals surface area (Å²) in [6.07, 6.45) is 8.53. The molecule has 3 aliphatic carbocycles. The zero-order chi connectivity index (χ0) is 14.7. The molecule has 4 heteroatoms. The van der Waals surface area contributed by atoms with Crippen molar-refractivity contribution in [1.29, 1.82) is 0 Å². The van der Waals surface area contributed by atoms with Gasteiger partial charge in [-0.25, -0.2) is 0 Å². The van der Waals surface area contributed by atoms with Crippen LogP contribution in [0.5, 0.6) is 0 Å². The number of nitrogens with one attached hydrogen (secondary N) is 1. The summed E-state index contributed by atoms with van der Waals surface area (Å²) in [4.78, 5) is 6.62. The number of nitrogens with zero attached hydrogens (tertiary/aromatic N) is 2. The van der Waals surface area contributed by atoms with Crippen molar-refractivity contribution in [2.24, 2.45) is 28.7 Å². The monoisotopic (exact) mass is 293 g/mol. The highest BCUT2D eigenvalue weighted by Crippen LogP contribution is 2.48. The molecule has 0 aromatic carbocycles. The van der Waals surface area contributed by atoms with Crippen molar-refractivity contribution in [2.45, 2.75) is 38.5 Å². The molecule has 3 fully saturated rings. The lowest BCUT2D eigenvalue weighted by atomic mass is 9.98. The number of hydrogen-bond donors (Lipinski definition) is 1. The van der Waals surface area contributed by atoms with E-state index in [1.807, 2.05) is 7.05 Å². The molecular formula is C17H31N3O. The van der Waals surface area contributed by atoms with E-state index in [9.17, 15) is 0 Å². The Hall–Kier alpha value is -0.770. The third kappa shape index (κ3) is 4.87. The van der Waals surface area contributed by atoms with Crippen LogP contribution in [0.4, 0.5) is 0 Å². The molecule has 0 aliphatic heterocycles. The molecule has 0 amide bonds. The molecule has 0 atom stereocenters. The maximum Gasteiger partial charge on any atom is 0.193 e. The van der Waals surface area contributed by atoms with E-state index in [1.165, 1.54) is 38.5 Å². The summed E-state index contributed by atoms with van der Waals surface area (Å²) in [5.41, 5.74) is 0.